The fraction of sp³-hybridized carbons (Fsp3) is 0.368. The van der Waals surface area contributed by atoms with Gasteiger partial charge in [0, 0.05) is 62.7 Å². The van der Waals surface area contributed by atoms with E-state index in [1.807, 2.05) is 71.2 Å². The zero-order valence-corrected chi connectivity index (χ0v) is 78.2. The first-order valence-corrected chi connectivity index (χ1v) is 50.3. The minimum Gasteiger partial charge on any atom is -0.492 e. The molecule has 0 radical (unpaired) electrons. The molecule has 15 rings (SSSR count). The number of hydrogen-bond acceptors (Lipinski definition) is 12. The smallest absolute Gasteiger partial charge is 0.194 e. The number of unbranched alkanes of at least 4 members (excludes halogenated alkanes) is 14. The lowest BCUT2D eigenvalue weighted by Crippen LogP contribution is -2.30. The summed E-state index contributed by atoms with van der Waals surface area (Å²) in [4.78, 5) is 37.7. The van der Waals surface area contributed by atoms with E-state index in [0.29, 0.717) is 69.6 Å². The molecule has 4 aromatic heterocycles. The van der Waals surface area contributed by atoms with Crippen LogP contribution < -0.4 is 9.47 Å². The zero-order chi connectivity index (χ0) is 87.9. The van der Waals surface area contributed by atoms with Gasteiger partial charge in [0.2, 0.25) is 0 Å². The molecule has 0 aliphatic heterocycles. The Hall–Kier alpha value is -10.8. The van der Waals surface area contributed by atoms with E-state index in [4.69, 9.17) is 9.47 Å². The molecule has 12 heteroatoms. The van der Waals surface area contributed by atoms with Crippen molar-refractivity contribution in [3.63, 3.8) is 0 Å². The first-order valence-electron chi connectivity index (χ1n) is 47.0. The van der Waals surface area contributed by atoms with Gasteiger partial charge in [-0.3, -0.25) is 9.59 Å². The summed E-state index contributed by atoms with van der Waals surface area (Å²) in [5.41, 5.74) is 18.8. The Bertz CT molecular complexity index is 5560. The van der Waals surface area contributed by atoms with E-state index in [-0.39, 0.29) is 22.7 Å². The van der Waals surface area contributed by atoms with Crippen molar-refractivity contribution in [1.29, 1.82) is 21.0 Å². The van der Waals surface area contributed by atoms with E-state index in [9.17, 15) is 30.6 Å². The fourth-order valence-electron chi connectivity index (χ4n) is 19.8. The SMILES string of the molecule is CCCCCCc1ccc(C2(c3ccc(CCCCCC)cc3)c3cc4c(cc3-c3sc(-c5sc(C=C6C(=O)c7ccccc7C6=C(C#N)C#N)cc5OCC(CC)CCCC)cc32)C(c2ccc(CCCCCC)cc2)(c2ccc(CCCCCC)cc2)c2cc(-c3sc(C=C5C(=O)c6ccccc6C5=C(C#N)C#N)cc3OCC(CC)CCCC)sc2-4)cc1. The van der Waals surface area contributed by atoms with Gasteiger partial charge >= 0.3 is 0 Å². The number of ketones is 2. The molecule has 8 nitrogen and oxygen atoms in total. The molecule has 7 aromatic carbocycles. The van der Waals surface area contributed by atoms with Gasteiger partial charge in [-0.25, -0.2) is 0 Å². The monoisotopic (exact) mass is 1730 g/mol. The average Bonchev–Trinajstić information content (AvgIpc) is 1.50. The molecule has 4 aliphatic carbocycles. The zero-order valence-electron chi connectivity index (χ0n) is 74.9. The molecule has 0 saturated heterocycles. The van der Waals surface area contributed by atoms with Crippen LogP contribution in [0.3, 0.4) is 0 Å². The topological polar surface area (TPSA) is 148 Å². The number of fused-ring (bicyclic) bond motifs is 8. The van der Waals surface area contributed by atoms with Crippen molar-refractivity contribution in [2.24, 2.45) is 11.8 Å². The molecule has 2 unspecified atom stereocenters. The lowest BCUT2D eigenvalue weighted by atomic mass is 9.65. The third-order valence-corrected chi connectivity index (χ3v) is 31.7. The van der Waals surface area contributed by atoms with E-state index in [1.165, 1.54) is 165 Å². The van der Waals surface area contributed by atoms with E-state index < -0.39 is 10.8 Å². The van der Waals surface area contributed by atoms with Crippen molar-refractivity contribution in [1.82, 2.24) is 0 Å². The number of thiophene rings is 4. The van der Waals surface area contributed by atoms with E-state index in [0.717, 1.165) is 143 Å². The Labute approximate surface area is 764 Å². The van der Waals surface area contributed by atoms with Crippen molar-refractivity contribution >= 4 is 80.2 Å². The number of allylic oxidation sites excluding steroid dienone is 6. The Kier molecular flexibility index (Phi) is 29.8. The van der Waals surface area contributed by atoms with Crippen LogP contribution in [0.25, 0.3) is 63.7 Å². The van der Waals surface area contributed by atoms with Crippen LogP contribution >= 0.6 is 45.3 Å². The summed E-state index contributed by atoms with van der Waals surface area (Å²) in [6.07, 6.45) is 34.8. The number of ether oxygens (including phenoxy) is 2. The molecule has 11 aromatic rings. The molecule has 0 fully saturated rings. The summed E-state index contributed by atoms with van der Waals surface area (Å²) in [6, 6.07) is 76.5. The maximum atomic E-state index is 14.9. The molecule has 0 saturated carbocycles. The van der Waals surface area contributed by atoms with Crippen molar-refractivity contribution < 1.29 is 19.1 Å². The van der Waals surface area contributed by atoms with E-state index in [1.54, 1.807) is 34.8 Å². The van der Waals surface area contributed by atoms with Gasteiger partial charge in [0.05, 0.1) is 33.8 Å². The number of aryl methyl sites for hydroxylation is 4. The van der Waals surface area contributed by atoms with Gasteiger partial charge in [0.1, 0.15) is 46.9 Å². The second-order valence-electron chi connectivity index (χ2n) is 35.1. The van der Waals surface area contributed by atoms with Gasteiger partial charge in [-0.05, 0) is 214 Å². The molecule has 2 atom stereocenters. The number of Topliss-reactive ketones (excluding diaryl/α,β-unsaturated/α-hetero) is 2. The standard InChI is InChI=1S/C114H118N4O4S4/c1-9-17-23-27-37-77-45-53-83(54-46-77)113(84-55-47-78(48-56-84)38-28-24-18-10-2)97-65-94-98(66-93(97)109-99(113)67-103(125-109)111-101(121-73-75(15-7)35-21-13-5)63-87(123-111)61-95-105(81(69-115)70-116)89-41-31-33-43-91(89)107(95)119)114(85-57-49-79(50-58-85)39-29-25-19-11-3,86-59-51-80(52-60-86)40-30-26-20-12-4)100-68-104(126-110(94)100)112-102(122-74-76(16-8)36-22-14-6)64-88(124-112)62-96-106(82(71-117)72-118)90-42-32-34-44-92(90)108(96)120/h31-34,41-68,75-76H,9-30,35-40,73-74H2,1-8H3. The highest BCUT2D eigenvalue weighted by molar-refractivity contribution is 7.25. The summed E-state index contributed by atoms with van der Waals surface area (Å²) in [5, 5.41) is 42.3. The molecule has 126 heavy (non-hydrogen) atoms. The fourth-order valence-corrected chi connectivity index (χ4v) is 24.6. The molecular weight excluding hydrogens is 1620 g/mol. The maximum Gasteiger partial charge on any atom is 0.194 e. The summed E-state index contributed by atoms with van der Waals surface area (Å²) >= 11 is 6.86. The average molecular weight is 1740 g/mol. The highest BCUT2D eigenvalue weighted by Crippen LogP contribution is 2.67. The lowest BCUT2D eigenvalue weighted by Gasteiger charge is -2.35. The lowest BCUT2D eigenvalue weighted by molar-refractivity contribution is 0.103. The number of hydrogen-bond donors (Lipinski definition) is 0. The third-order valence-electron chi connectivity index (χ3n) is 26.9. The van der Waals surface area contributed by atoms with Crippen LogP contribution in [0.2, 0.25) is 0 Å². The minimum atomic E-state index is -0.879. The summed E-state index contributed by atoms with van der Waals surface area (Å²) in [5.74, 6) is 1.68. The highest BCUT2D eigenvalue weighted by Gasteiger charge is 2.54. The van der Waals surface area contributed by atoms with Gasteiger partial charge in [-0.2, -0.15) is 21.0 Å². The van der Waals surface area contributed by atoms with E-state index >= 15 is 0 Å². The Morgan fingerprint density at radius 2 is 0.651 bits per heavy atom. The molecule has 0 bridgehead atoms. The van der Waals surface area contributed by atoms with Gasteiger partial charge in [-0.15, -0.1) is 45.3 Å². The first-order chi connectivity index (χ1) is 61.8. The molecule has 0 spiro atoms. The van der Waals surface area contributed by atoms with Crippen LogP contribution in [0.15, 0.2) is 204 Å². The predicted molar refractivity (Wildman–Crippen MR) is 526 cm³/mol. The second kappa shape index (κ2) is 41.8. The van der Waals surface area contributed by atoms with Crippen molar-refractivity contribution in [3.05, 3.63) is 303 Å². The predicted octanol–water partition coefficient (Wildman–Crippen LogP) is 31.8. The largest absolute Gasteiger partial charge is 0.492 e. The van der Waals surface area contributed by atoms with Crippen LogP contribution in [0.1, 0.15) is 318 Å². The number of nitrogens with zero attached hydrogens (tertiary/aromatic N) is 4. The molecule has 4 aliphatic rings. The molecule has 642 valence electrons. The van der Waals surface area contributed by atoms with Gasteiger partial charge in [0.25, 0.3) is 0 Å². The molecule has 4 heterocycles. The Morgan fingerprint density at radius 1 is 0.341 bits per heavy atom. The van der Waals surface area contributed by atoms with Crippen molar-refractivity contribution in [3.8, 4) is 76.2 Å². The molecule has 0 amide bonds. The maximum absolute atomic E-state index is 14.9. The quantitative estimate of drug-likeness (QED) is 0.0209. The minimum absolute atomic E-state index is 0.0974. The van der Waals surface area contributed by atoms with E-state index in [2.05, 4.69) is 213 Å². The second-order valence-corrected chi connectivity index (χ2v) is 39.4. The number of nitriles is 4. The van der Waals surface area contributed by atoms with Gasteiger partial charge in [0.15, 0.2) is 11.6 Å². The van der Waals surface area contributed by atoms with Crippen LogP contribution in [0, 0.1) is 57.2 Å². The highest BCUT2D eigenvalue weighted by atomic mass is 32.1. The number of carbonyl (C=O) groups excluding carboxylic acids is 2. The van der Waals surface area contributed by atoms with Gasteiger partial charge in [-0.1, -0.05) is 317 Å². The number of benzene rings is 7. The van der Waals surface area contributed by atoms with Crippen LogP contribution in [0.5, 0.6) is 11.5 Å². The van der Waals surface area contributed by atoms with Crippen LogP contribution in [-0.2, 0) is 36.5 Å². The van der Waals surface area contributed by atoms with Crippen LogP contribution in [-0.4, -0.2) is 24.8 Å². The molecule has 0 N–H and O–H groups in total. The molecular formula is C114H118N4O4S4. The Morgan fingerprint density at radius 3 is 0.944 bits per heavy atom. The van der Waals surface area contributed by atoms with Crippen molar-refractivity contribution in [2.45, 2.75) is 246 Å². The summed E-state index contributed by atoms with van der Waals surface area (Å²) in [6.45, 7) is 19.2. The van der Waals surface area contributed by atoms with Crippen LogP contribution in [0.4, 0.5) is 0 Å². The van der Waals surface area contributed by atoms with Gasteiger partial charge < -0.3 is 9.47 Å². The first kappa shape index (κ1) is 90.0. The summed E-state index contributed by atoms with van der Waals surface area (Å²) < 4.78 is 14.6. The third kappa shape index (κ3) is 18.0. The Balaban J connectivity index is 1.02. The number of carbonyl (C=O) groups is 2. The van der Waals surface area contributed by atoms with Crippen molar-refractivity contribution in [2.75, 3.05) is 13.2 Å². The normalized spacial score (nSPS) is 14.7. The summed E-state index contributed by atoms with van der Waals surface area (Å²) in [7, 11) is 0. The number of rotatable bonds is 42.